The van der Waals surface area contributed by atoms with Gasteiger partial charge in [-0.05, 0) is 106 Å². The van der Waals surface area contributed by atoms with Gasteiger partial charge in [0.25, 0.3) is 5.91 Å². The van der Waals surface area contributed by atoms with Crippen LogP contribution in [0, 0.1) is 6.92 Å². The van der Waals surface area contributed by atoms with Crippen molar-refractivity contribution in [2.75, 3.05) is 32.6 Å². The van der Waals surface area contributed by atoms with Gasteiger partial charge in [0.05, 0.1) is 26.2 Å². The Hall–Kier alpha value is -4.90. The molecule has 3 heterocycles. The van der Waals surface area contributed by atoms with E-state index in [-0.39, 0.29) is 17.6 Å². The maximum absolute atomic E-state index is 13.5. The maximum Gasteiger partial charge on any atom is 0.407 e. The largest absolute Gasteiger partial charge is 0.493 e. The fraction of sp³-hybridized carbons (Fsp3) is 0.371. The lowest BCUT2D eigenvalue weighted by atomic mass is 10.0. The van der Waals surface area contributed by atoms with Gasteiger partial charge in [0.1, 0.15) is 11.3 Å². The summed E-state index contributed by atoms with van der Waals surface area (Å²) in [5.41, 5.74) is 4.85. The minimum absolute atomic E-state index is 0.00808. The number of alkyl carbamates (subject to hydrolysis) is 1. The van der Waals surface area contributed by atoms with Gasteiger partial charge in [0.2, 0.25) is 0 Å². The molecule has 242 valence electrons. The van der Waals surface area contributed by atoms with E-state index in [1.807, 2.05) is 74.9 Å². The van der Waals surface area contributed by atoms with Crippen molar-refractivity contribution < 1.29 is 23.8 Å². The van der Waals surface area contributed by atoms with Crippen molar-refractivity contribution in [3.63, 3.8) is 0 Å². The van der Waals surface area contributed by atoms with Gasteiger partial charge in [0.15, 0.2) is 11.5 Å². The molecule has 4 aromatic rings. The summed E-state index contributed by atoms with van der Waals surface area (Å²) in [6.07, 6.45) is 6.77. The third kappa shape index (κ3) is 8.42. The second-order valence-corrected chi connectivity index (χ2v) is 12.5. The summed E-state index contributed by atoms with van der Waals surface area (Å²) in [7, 11) is 3.18. The van der Waals surface area contributed by atoms with Crippen molar-refractivity contribution in [2.24, 2.45) is 0 Å². The van der Waals surface area contributed by atoms with Crippen LogP contribution in [0.2, 0.25) is 0 Å². The van der Waals surface area contributed by atoms with E-state index in [4.69, 9.17) is 14.2 Å². The molecule has 2 aromatic heterocycles. The van der Waals surface area contributed by atoms with Crippen LogP contribution in [0.5, 0.6) is 11.5 Å². The Balaban J connectivity index is 1.35. The van der Waals surface area contributed by atoms with Crippen molar-refractivity contribution >= 4 is 17.7 Å². The maximum atomic E-state index is 13.5. The summed E-state index contributed by atoms with van der Waals surface area (Å²) < 4.78 is 18.2. The van der Waals surface area contributed by atoms with Crippen molar-refractivity contribution in [3.8, 4) is 28.3 Å². The van der Waals surface area contributed by atoms with E-state index < -0.39 is 11.7 Å². The first-order chi connectivity index (χ1) is 22.0. The minimum atomic E-state index is -0.550. The quantitative estimate of drug-likeness (QED) is 0.232. The number of pyridine rings is 1. The Morgan fingerprint density at radius 1 is 0.978 bits per heavy atom. The molecule has 0 spiro atoms. The molecular formula is C35H42N6O5. The number of amides is 2. The highest BCUT2D eigenvalue weighted by atomic mass is 16.6. The third-order valence-corrected chi connectivity index (χ3v) is 7.59. The highest BCUT2D eigenvalue weighted by Crippen LogP contribution is 2.32. The number of carbonyl (C=O) groups is 2. The highest BCUT2D eigenvalue weighted by molar-refractivity contribution is 6.03. The summed E-state index contributed by atoms with van der Waals surface area (Å²) in [6.45, 7) is 9.75. The van der Waals surface area contributed by atoms with Crippen LogP contribution < -0.4 is 20.1 Å². The number of benzene rings is 2. The van der Waals surface area contributed by atoms with Gasteiger partial charge in [-0.15, -0.1) is 0 Å². The fourth-order valence-electron chi connectivity index (χ4n) is 5.54. The van der Waals surface area contributed by atoms with Crippen molar-refractivity contribution in [1.29, 1.82) is 0 Å². The SMILES string of the molecule is COc1ccc(-c2ccnc(C(=O)Nc3cc(CN4CCC[C@H](NC(=O)OC(C)(C)C)C4)cc(-n4cnc(C)c4)c3)c2)cc1OC. The van der Waals surface area contributed by atoms with E-state index in [2.05, 4.69) is 31.6 Å². The molecular weight excluding hydrogens is 584 g/mol. The summed E-state index contributed by atoms with van der Waals surface area (Å²) in [5, 5.41) is 6.08. The molecule has 2 aromatic carbocycles. The number of likely N-dealkylation sites (tertiary alicyclic amines) is 1. The van der Waals surface area contributed by atoms with Gasteiger partial charge in [-0.25, -0.2) is 9.78 Å². The van der Waals surface area contributed by atoms with Gasteiger partial charge in [-0.2, -0.15) is 0 Å². The topological polar surface area (TPSA) is 120 Å². The lowest BCUT2D eigenvalue weighted by Crippen LogP contribution is -2.48. The van der Waals surface area contributed by atoms with Crippen molar-refractivity contribution in [2.45, 2.75) is 58.7 Å². The number of anilines is 1. The number of carbonyl (C=O) groups excluding carboxylic acids is 2. The van der Waals surface area contributed by atoms with Crippen LogP contribution in [0.25, 0.3) is 16.8 Å². The number of hydrogen-bond donors (Lipinski definition) is 2. The molecule has 1 atom stereocenters. The summed E-state index contributed by atoms with van der Waals surface area (Å²) in [5.74, 6) is 0.899. The number of rotatable bonds is 9. The van der Waals surface area contributed by atoms with E-state index in [0.717, 1.165) is 47.5 Å². The first-order valence-electron chi connectivity index (χ1n) is 15.4. The number of aromatic nitrogens is 3. The van der Waals surface area contributed by atoms with Crippen LogP contribution in [0.1, 0.15) is 55.4 Å². The number of methoxy groups -OCH3 is 2. The molecule has 11 nitrogen and oxygen atoms in total. The number of hydrogen-bond acceptors (Lipinski definition) is 8. The van der Waals surface area contributed by atoms with E-state index in [0.29, 0.717) is 30.3 Å². The number of nitrogens with zero attached hydrogens (tertiary/aromatic N) is 4. The Kier molecular flexibility index (Phi) is 9.91. The van der Waals surface area contributed by atoms with Crippen LogP contribution >= 0.6 is 0 Å². The fourth-order valence-corrected chi connectivity index (χ4v) is 5.54. The average molecular weight is 627 g/mol. The van der Waals surface area contributed by atoms with Crippen LogP contribution in [-0.4, -0.2) is 70.4 Å². The smallest absolute Gasteiger partial charge is 0.407 e. The van der Waals surface area contributed by atoms with Crippen LogP contribution in [0.3, 0.4) is 0 Å². The Morgan fingerprint density at radius 2 is 1.76 bits per heavy atom. The Bertz CT molecular complexity index is 1690. The summed E-state index contributed by atoms with van der Waals surface area (Å²) >= 11 is 0. The number of ether oxygens (including phenoxy) is 3. The molecule has 11 heteroatoms. The molecule has 1 fully saturated rings. The third-order valence-electron chi connectivity index (χ3n) is 7.59. The van der Waals surface area contributed by atoms with E-state index in [1.54, 1.807) is 32.8 Å². The highest BCUT2D eigenvalue weighted by Gasteiger charge is 2.24. The second kappa shape index (κ2) is 14.0. The first-order valence-corrected chi connectivity index (χ1v) is 15.4. The van der Waals surface area contributed by atoms with Gasteiger partial charge in [-0.1, -0.05) is 6.07 Å². The molecule has 0 aliphatic carbocycles. The monoisotopic (exact) mass is 626 g/mol. The molecule has 1 aliphatic heterocycles. The molecule has 5 rings (SSSR count). The zero-order valence-electron chi connectivity index (χ0n) is 27.3. The molecule has 0 unspecified atom stereocenters. The Labute approximate surface area is 269 Å². The van der Waals surface area contributed by atoms with E-state index >= 15 is 0 Å². The van der Waals surface area contributed by atoms with Gasteiger partial charge in [0, 0.05) is 42.9 Å². The molecule has 0 bridgehead atoms. The van der Waals surface area contributed by atoms with Gasteiger partial charge in [-0.3, -0.25) is 14.7 Å². The number of imidazole rings is 1. The van der Waals surface area contributed by atoms with E-state index in [1.165, 1.54) is 0 Å². The normalized spacial score (nSPS) is 15.2. The second-order valence-electron chi connectivity index (χ2n) is 12.5. The lowest BCUT2D eigenvalue weighted by Gasteiger charge is -2.33. The van der Waals surface area contributed by atoms with Crippen LogP contribution in [0.15, 0.2) is 67.3 Å². The van der Waals surface area contributed by atoms with Crippen molar-refractivity contribution in [1.82, 2.24) is 24.8 Å². The van der Waals surface area contributed by atoms with Gasteiger partial charge >= 0.3 is 6.09 Å². The average Bonchev–Trinajstić information content (AvgIpc) is 3.46. The number of aryl methyl sites for hydroxylation is 1. The molecule has 46 heavy (non-hydrogen) atoms. The zero-order valence-corrected chi connectivity index (χ0v) is 27.3. The molecule has 2 amide bonds. The molecule has 0 saturated carbocycles. The predicted molar refractivity (Wildman–Crippen MR) is 177 cm³/mol. The first kappa shape index (κ1) is 32.5. The standard InChI is InChI=1S/C35H42N6O5/c1-23-19-41(22-37-23)29-15-24(20-40-13-7-8-27(21-40)39-34(43)46-35(2,3)4)14-28(18-29)38-33(42)30-16-26(11-12-36-30)25-9-10-31(44-5)32(17-25)45-6/h9-12,14-19,22,27H,7-8,13,20-21H2,1-6H3,(H,38,42)(H,39,43)/t27-/m0/s1. The zero-order chi connectivity index (χ0) is 32.8. The van der Waals surface area contributed by atoms with Gasteiger partial charge < -0.3 is 29.4 Å². The molecule has 2 N–H and O–H groups in total. The summed E-state index contributed by atoms with van der Waals surface area (Å²) in [6, 6.07) is 15.2. The lowest BCUT2D eigenvalue weighted by molar-refractivity contribution is 0.0470. The number of piperidine rings is 1. The summed E-state index contributed by atoms with van der Waals surface area (Å²) in [4.78, 5) is 37.0. The van der Waals surface area contributed by atoms with E-state index in [9.17, 15) is 9.59 Å². The van der Waals surface area contributed by atoms with Crippen molar-refractivity contribution in [3.05, 3.63) is 84.2 Å². The van der Waals surface area contributed by atoms with Crippen LogP contribution in [-0.2, 0) is 11.3 Å². The van der Waals surface area contributed by atoms with Crippen LogP contribution in [0.4, 0.5) is 10.5 Å². The Morgan fingerprint density at radius 3 is 2.48 bits per heavy atom. The molecule has 1 aliphatic rings. The minimum Gasteiger partial charge on any atom is -0.493 e. The number of nitrogens with one attached hydrogen (secondary N) is 2. The molecule has 0 radical (unpaired) electrons. The molecule has 1 saturated heterocycles. The predicted octanol–water partition coefficient (Wildman–Crippen LogP) is 6.00.